The van der Waals surface area contributed by atoms with Crippen molar-refractivity contribution in [1.29, 1.82) is 0 Å². The molecule has 0 bridgehead atoms. The van der Waals surface area contributed by atoms with Gasteiger partial charge in [0.25, 0.3) is 0 Å². The fraction of sp³-hybridized carbons (Fsp3) is 0.550. The molecule has 1 spiro atoms. The first-order chi connectivity index (χ1) is 13.0. The number of nitrogens with zero attached hydrogens (tertiary/aromatic N) is 1. The molecule has 2 aliphatic carbocycles. The Bertz CT molecular complexity index is 851. The molecule has 0 radical (unpaired) electrons. The first kappa shape index (κ1) is 17.9. The second kappa shape index (κ2) is 7.29. The zero-order valence-electron chi connectivity index (χ0n) is 15.3. The molecule has 0 saturated heterocycles. The highest BCUT2D eigenvalue weighted by Gasteiger charge is 2.38. The van der Waals surface area contributed by atoms with Crippen LogP contribution in [0, 0.1) is 11.2 Å². The Balaban J connectivity index is 1.39. The zero-order valence-corrected chi connectivity index (χ0v) is 15.3. The van der Waals surface area contributed by atoms with E-state index < -0.39 is 17.6 Å². The van der Waals surface area contributed by atoms with E-state index in [1.165, 1.54) is 50.8 Å². The van der Waals surface area contributed by atoms with Gasteiger partial charge in [0.2, 0.25) is 0 Å². The number of anilines is 1. The Morgan fingerprint density at radius 1 is 1.15 bits per heavy atom. The maximum Gasteiger partial charge on any atom is 0.313 e. The molecule has 144 valence electrons. The smallest absolute Gasteiger partial charge is 0.313 e. The third-order valence-corrected chi connectivity index (χ3v) is 6.14. The minimum atomic E-state index is -0.733. The van der Waals surface area contributed by atoms with Gasteiger partial charge in [-0.05, 0) is 43.6 Å². The molecule has 2 aromatic rings. The lowest BCUT2D eigenvalue weighted by molar-refractivity contribution is -0.137. The van der Waals surface area contributed by atoms with Crippen molar-refractivity contribution in [3.63, 3.8) is 0 Å². The van der Waals surface area contributed by atoms with E-state index in [4.69, 9.17) is 0 Å². The average molecular weight is 372 g/mol. The number of aromatic amines is 1. The second-order valence-corrected chi connectivity index (χ2v) is 8.03. The van der Waals surface area contributed by atoms with Crippen LogP contribution >= 0.6 is 0 Å². The highest BCUT2D eigenvalue weighted by Crippen LogP contribution is 2.47. The first-order valence-electron chi connectivity index (χ1n) is 9.79. The number of pyridine rings is 1. The van der Waals surface area contributed by atoms with E-state index in [-0.39, 0.29) is 6.04 Å². The van der Waals surface area contributed by atoms with Crippen LogP contribution in [0.3, 0.4) is 0 Å². The summed E-state index contributed by atoms with van der Waals surface area (Å²) in [6.45, 7) is 0. The van der Waals surface area contributed by atoms with Crippen molar-refractivity contribution in [2.75, 3.05) is 5.32 Å². The topological polar surface area (TPSA) is 86.9 Å². The first-order valence-corrected chi connectivity index (χ1v) is 9.79. The molecule has 4 rings (SSSR count). The summed E-state index contributed by atoms with van der Waals surface area (Å²) >= 11 is 0. The Morgan fingerprint density at radius 3 is 2.74 bits per heavy atom. The molecule has 0 aromatic carbocycles. The molecule has 1 atom stereocenters. The molecule has 3 N–H and O–H groups in total. The summed E-state index contributed by atoms with van der Waals surface area (Å²) < 4.78 is 13.4. The van der Waals surface area contributed by atoms with Gasteiger partial charge in [-0.3, -0.25) is 9.59 Å². The number of amides is 2. The highest BCUT2D eigenvalue weighted by molar-refractivity contribution is 6.40. The molecule has 2 heterocycles. The largest absolute Gasteiger partial charge is 0.345 e. The fourth-order valence-electron chi connectivity index (χ4n) is 4.84. The van der Waals surface area contributed by atoms with Crippen LogP contribution < -0.4 is 10.6 Å². The van der Waals surface area contributed by atoms with E-state index in [9.17, 15) is 14.0 Å². The Kier molecular flexibility index (Phi) is 4.85. The SMILES string of the molecule is O=C(Nc1c[nH]c2ncc(F)cc12)C(=O)N[C@@H]1CCCC2(CCCCC2)C1. The maximum absolute atomic E-state index is 13.4. The maximum atomic E-state index is 13.4. The van der Waals surface area contributed by atoms with Crippen LogP contribution in [-0.2, 0) is 9.59 Å². The standard InChI is InChI=1S/C20H25FN4O2/c21-13-9-15-16(12-23-17(15)22-11-13)25-19(27)18(26)24-14-5-4-8-20(10-14)6-2-1-3-7-20/h9,11-12,14H,1-8,10H2,(H,22,23)(H,24,26)(H,25,27)/t14-/m1/s1. The summed E-state index contributed by atoms with van der Waals surface area (Å²) in [4.78, 5) is 31.5. The summed E-state index contributed by atoms with van der Waals surface area (Å²) in [5.41, 5.74) is 1.16. The molecule has 2 saturated carbocycles. The fourth-order valence-corrected chi connectivity index (χ4v) is 4.84. The molecule has 6 nitrogen and oxygen atoms in total. The van der Waals surface area contributed by atoms with E-state index in [0.29, 0.717) is 22.1 Å². The van der Waals surface area contributed by atoms with Crippen molar-refractivity contribution < 1.29 is 14.0 Å². The molecule has 2 amide bonds. The monoisotopic (exact) mass is 372 g/mol. The van der Waals surface area contributed by atoms with Gasteiger partial charge < -0.3 is 15.6 Å². The van der Waals surface area contributed by atoms with Crippen molar-refractivity contribution in [2.45, 2.75) is 63.8 Å². The van der Waals surface area contributed by atoms with E-state index in [1.54, 1.807) is 0 Å². The van der Waals surface area contributed by atoms with Crippen LogP contribution in [0.2, 0.25) is 0 Å². The number of hydrogen-bond donors (Lipinski definition) is 3. The highest BCUT2D eigenvalue weighted by atomic mass is 19.1. The molecule has 7 heteroatoms. The van der Waals surface area contributed by atoms with E-state index >= 15 is 0 Å². The van der Waals surface area contributed by atoms with Crippen LogP contribution in [0.15, 0.2) is 18.5 Å². The van der Waals surface area contributed by atoms with Crippen molar-refractivity contribution in [1.82, 2.24) is 15.3 Å². The normalized spacial score (nSPS) is 21.9. The summed E-state index contributed by atoms with van der Waals surface area (Å²) in [5, 5.41) is 5.91. The molecule has 27 heavy (non-hydrogen) atoms. The van der Waals surface area contributed by atoms with Gasteiger partial charge in [0.05, 0.1) is 11.9 Å². The van der Waals surface area contributed by atoms with Gasteiger partial charge in [0.15, 0.2) is 0 Å². The number of nitrogens with one attached hydrogen (secondary N) is 3. The quantitative estimate of drug-likeness (QED) is 0.703. The summed E-state index contributed by atoms with van der Waals surface area (Å²) in [7, 11) is 0. The molecular weight excluding hydrogens is 347 g/mol. The van der Waals surface area contributed by atoms with Crippen LogP contribution in [0.4, 0.5) is 10.1 Å². The van der Waals surface area contributed by atoms with Gasteiger partial charge in [0, 0.05) is 17.6 Å². The lowest BCUT2D eigenvalue weighted by Crippen LogP contribution is -2.46. The van der Waals surface area contributed by atoms with Gasteiger partial charge in [0.1, 0.15) is 11.5 Å². The number of halogens is 1. The molecular formula is C20H25FN4O2. The van der Waals surface area contributed by atoms with Crippen LogP contribution in [0.5, 0.6) is 0 Å². The van der Waals surface area contributed by atoms with Gasteiger partial charge in [-0.1, -0.05) is 25.7 Å². The van der Waals surface area contributed by atoms with Crippen molar-refractivity contribution in [2.24, 2.45) is 5.41 Å². The Morgan fingerprint density at radius 2 is 1.93 bits per heavy atom. The molecule has 2 aliphatic rings. The number of carbonyl (C=O) groups excluding carboxylic acids is 2. The molecule has 0 aliphatic heterocycles. The molecule has 2 fully saturated rings. The number of aromatic nitrogens is 2. The predicted molar refractivity (Wildman–Crippen MR) is 101 cm³/mol. The third-order valence-electron chi connectivity index (χ3n) is 6.14. The zero-order chi connectivity index (χ0) is 18.9. The van der Waals surface area contributed by atoms with Gasteiger partial charge >= 0.3 is 11.8 Å². The van der Waals surface area contributed by atoms with E-state index in [2.05, 4.69) is 20.6 Å². The number of fused-ring (bicyclic) bond motifs is 1. The van der Waals surface area contributed by atoms with Gasteiger partial charge in [-0.15, -0.1) is 0 Å². The Hall–Kier alpha value is -2.44. The third kappa shape index (κ3) is 3.82. The predicted octanol–water partition coefficient (Wildman–Crippen LogP) is 3.65. The van der Waals surface area contributed by atoms with Crippen molar-refractivity contribution in [3.8, 4) is 0 Å². The second-order valence-electron chi connectivity index (χ2n) is 8.03. The summed E-state index contributed by atoms with van der Waals surface area (Å²) in [6, 6.07) is 1.33. The summed E-state index contributed by atoms with van der Waals surface area (Å²) in [6.07, 6.45) is 13.1. The van der Waals surface area contributed by atoms with E-state index in [1.807, 2.05) is 0 Å². The number of H-pyrrole nitrogens is 1. The number of carbonyl (C=O) groups is 2. The average Bonchev–Trinajstić information content (AvgIpc) is 3.04. The lowest BCUT2D eigenvalue weighted by atomic mass is 9.64. The van der Waals surface area contributed by atoms with Crippen molar-refractivity contribution in [3.05, 3.63) is 24.3 Å². The number of hydrogen-bond acceptors (Lipinski definition) is 3. The molecule has 0 unspecified atom stereocenters. The van der Waals surface area contributed by atoms with Gasteiger partial charge in [-0.2, -0.15) is 0 Å². The van der Waals surface area contributed by atoms with Crippen LogP contribution in [0.1, 0.15) is 57.8 Å². The van der Waals surface area contributed by atoms with Gasteiger partial charge in [-0.25, -0.2) is 9.37 Å². The lowest BCUT2D eigenvalue weighted by Gasteiger charge is -2.43. The van der Waals surface area contributed by atoms with Crippen LogP contribution in [-0.4, -0.2) is 27.8 Å². The minimum Gasteiger partial charge on any atom is -0.345 e. The minimum absolute atomic E-state index is 0.0529. The van der Waals surface area contributed by atoms with Crippen LogP contribution in [0.25, 0.3) is 11.0 Å². The molecule has 2 aromatic heterocycles. The summed E-state index contributed by atoms with van der Waals surface area (Å²) in [5.74, 6) is -1.86. The van der Waals surface area contributed by atoms with Crippen molar-refractivity contribution >= 4 is 28.5 Å². The number of rotatable bonds is 2. The Labute approximate surface area is 157 Å². The van der Waals surface area contributed by atoms with E-state index in [0.717, 1.165) is 25.5 Å².